The number of carbonyl (C=O) groups is 1. The zero-order valence-corrected chi connectivity index (χ0v) is 25.7. The lowest BCUT2D eigenvalue weighted by Gasteiger charge is -2.37. The van der Waals surface area contributed by atoms with Gasteiger partial charge in [-0.2, -0.15) is 0 Å². The first kappa shape index (κ1) is 29.3. The van der Waals surface area contributed by atoms with E-state index in [0.717, 1.165) is 29.8 Å². The van der Waals surface area contributed by atoms with Crippen LogP contribution in [0.2, 0.25) is 18.6 Å². The van der Waals surface area contributed by atoms with Gasteiger partial charge in [-0.1, -0.05) is 78.8 Å². The highest BCUT2D eigenvalue weighted by Gasteiger charge is 2.65. The first-order valence-electron chi connectivity index (χ1n) is 14.2. The largest absolute Gasteiger partial charge is 0.497 e. The van der Waals surface area contributed by atoms with E-state index >= 15 is 0 Å². The SMILES string of the molecule is COc1ccc([Si](C)(C)[C@H]2[C@H](CCO)O[C@@]3(C(=O)N(C/C=C(\C)CCC=C(C)C)c4ccccc43)[C@@H]2C)cc1. The molecule has 1 saturated heterocycles. The topological polar surface area (TPSA) is 59.0 Å². The number of fused-ring (bicyclic) bond motifs is 2. The standard InChI is InChI=1S/C33H45NO4Si/c1-23(2)11-10-12-24(3)19-21-34-29-14-9-8-13-28(29)33(32(34)36)25(4)31(30(38-33)20-22-35)39(6,7)27-17-15-26(37-5)16-18-27/h8-9,11,13-19,25,30-31,35H,10,12,20-22H2,1-7H3/b24-19+/t25-,30+,31-,33+/m1/s1. The fourth-order valence-corrected chi connectivity index (χ4v) is 10.8. The van der Waals surface area contributed by atoms with Crippen LogP contribution >= 0.6 is 0 Å². The molecule has 0 radical (unpaired) electrons. The zero-order chi connectivity index (χ0) is 28.4. The van der Waals surface area contributed by atoms with Crippen LogP contribution in [0.3, 0.4) is 0 Å². The molecule has 39 heavy (non-hydrogen) atoms. The second kappa shape index (κ2) is 11.8. The molecule has 2 aromatic carbocycles. The number of hydrogen-bond donors (Lipinski definition) is 1. The summed E-state index contributed by atoms with van der Waals surface area (Å²) in [5.74, 6) is 0.816. The maximum absolute atomic E-state index is 14.5. The number of para-hydroxylation sites is 1. The number of aliphatic hydroxyl groups excluding tert-OH is 1. The number of anilines is 1. The summed E-state index contributed by atoms with van der Waals surface area (Å²) in [6.07, 6.45) is 6.75. The lowest BCUT2D eigenvalue weighted by molar-refractivity contribution is -0.146. The average molecular weight is 548 g/mol. The molecular weight excluding hydrogens is 502 g/mol. The average Bonchev–Trinajstić information content (AvgIpc) is 3.34. The minimum absolute atomic E-state index is 0.0227. The van der Waals surface area contributed by atoms with Crippen molar-refractivity contribution in [1.82, 2.24) is 0 Å². The molecule has 1 spiro atoms. The highest BCUT2D eigenvalue weighted by molar-refractivity contribution is 6.91. The van der Waals surface area contributed by atoms with Gasteiger partial charge >= 0.3 is 0 Å². The minimum Gasteiger partial charge on any atom is -0.497 e. The molecule has 2 aliphatic heterocycles. The Morgan fingerprint density at radius 3 is 2.44 bits per heavy atom. The monoisotopic (exact) mass is 547 g/mol. The fraction of sp³-hybridized carbons (Fsp3) is 0.485. The Balaban J connectivity index is 1.70. The van der Waals surface area contributed by atoms with E-state index in [0.29, 0.717) is 13.0 Å². The van der Waals surface area contributed by atoms with Crippen LogP contribution in [0.4, 0.5) is 5.69 Å². The molecule has 2 heterocycles. The van der Waals surface area contributed by atoms with Gasteiger partial charge in [-0.25, -0.2) is 0 Å². The summed E-state index contributed by atoms with van der Waals surface area (Å²) in [5.41, 5.74) is 3.62. The summed E-state index contributed by atoms with van der Waals surface area (Å²) in [4.78, 5) is 16.4. The predicted octanol–water partition coefficient (Wildman–Crippen LogP) is 6.33. The van der Waals surface area contributed by atoms with E-state index in [1.54, 1.807) is 7.11 Å². The number of allylic oxidation sites excluding steroid dienone is 3. The van der Waals surface area contributed by atoms with Gasteiger partial charge in [0.25, 0.3) is 5.91 Å². The van der Waals surface area contributed by atoms with Gasteiger partial charge in [0.2, 0.25) is 0 Å². The number of rotatable bonds is 10. The molecule has 5 nitrogen and oxygen atoms in total. The van der Waals surface area contributed by atoms with Crippen LogP contribution in [0, 0.1) is 5.92 Å². The number of ether oxygens (including phenoxy) is 2. The number of methoxy groups -OCH3 is 1. The number of benzene rings is 2. The second-order valence-corrected chi connectivity index (χ2v) is 16.7. The molecule has 0 saturated carbocycles. The van der Waals surface area contributed by atoms with Gasteiger partial charge in [0.15, 0.2) is 5.60 Å². The van der Waals surface area contributed by atoms with Crippen LogP contribution in [-0.2, 0) is 15.1 Å². The minimum atomic E-state index is -2.15. The molecule has 0 unspecified atom stereocenters. The van der Waals surface area contributed by atoms with Crippen molar-refractivity contribution in [2.24, 2.45) is 5.92 Å². The molecule has 1 fully saturated rings. The van der Waals surface area contributed by atoms with E-state index in [4.69, 9.17) is 9.47 Å². The summed E-state index contributed by atoms with van der Waals surface area (Å²) in [6.45, 7) is 13.9. The number of amides is 1. The van der Waals surface area contributed by atoms with Crippen molar-refractivity contribution in [3.8, 4) is 5.75 Å². The predicted molar refractivity (Wildman–Crippen MR) is 162 cm³/mol. The molecule has 6 heteroatoms. The van der Waals surface area contributed by atoms with Crippen LogP contribution < -0.4 is 14.8 Å². The normalized spacial score (nSPS) is 24.8. The Hall–Kier alpha value is -2.67. The van der Waals surface area contributed by atoms with Crippen molar-refractivity contribution in [1.29, 1.82) is 0 Å². The summed E-state index contributed by atoms with van der Waals surface area (Å²) in [7, 11) is -0.472. The molecule has 1 amide bonds. The van der Waals surface area contributed by atoms with E-state index in [-0.39, 0.29) is 30.1 Å². The molecular formula is C33H45NO4Si. The van der Waals surface area contributed by atoms with Crippen LogP contribution in [0.25, 0.3) is 0 Å². The van der Waals surface area contributed by atoms with Crippen LogP contribution in [-0.4, -0.2) is 45.5 Å². The fourth-order valence-electron chi connectivity index (χ4n) is 6.78. The van der Waals surface area contributed by atoms with Crippen molar-refractivity contribution in [3.05, 3.63) is 77.4 Å². The molecule has 0 bridgehead atoms. The highest BCUT2D eigenvalue weighted by atomic mass is 28.3. The number of aliphatic hydroxyl groups is 1. The molecule has 2 aliphatic rings. The number of carbonyl (C=O) groups excluding carboxylic acids is 1. The van der Waals surface area contributed by atoms with Gasteiger partial charge in [0.05, 0.1) is 27.0 Å². The number of nitrogens with zero attached hydrogens (tertiary/aromatic N) is 1. The Morgan fingerprint density at radius 2 is 1.79 bits per heavy atom. The summed E-state index contributed by atoms with van der Waals surface area (Å²) in [5, 5.41) is 11.3. The van der Waals surface area contributed by atoms with Crippen LogP contribution in [0.5, 0.6) is 5.75 Å². The van der Waals surface area contributed by atoms with Crippen molar-refractivity contribution in [3.63, 3.8) is 0 Å². The van der Waals surface area contributed by atoms with Crippen molar-refractivity contribution in [2.75, 3.05) is 25.2 Å². The van der Waals surface area contributed by atoms with Crippen LogP contribution in [0.1, 0.15) is 52.5 Å². The summed E-state index contributed by atoms with van der Waals surface area (Å²) in [6, 6.07) is 16.5. The maximum atomic E-state index is 14.5. The van der Waals surface area contributed by atoms with E-state index in [1.165, 1.54) is 16.3 Å². The third-order valence-corrected chi connectivity index (χ3v) is 13.2. The van der Waals surface area contributed by atoms with Crippen molar-refractivity contribution >= 4 is 24.9 Å². The molecule has 0 aliphatic carbocycles. The molecule has 0 aromatic heterocycles. The quantitative estimate of drug-likeness (QED) is 0.279. The Bertz CT molecular complexity index is 1230. The summed E-state index contributed by atoms with van der Waals surface area (Å²) >= 11 is 0. The molecule has 210 valence electrons. The zero-order valence-electron chi connectivity index (χ0n) is 24.7. The highest BCUT2D eigenvalue weighted by Crippen LogP contribution is 2.59. The third kappa shape index (κ3) is 5.39. The first-order chi connectivity index (χ1) is 18.6. The van der Waals surface area contributed by atoms with Crippen molar-refractivity contribution in [2.45, 2.75) is 77.3 Å². The van der Waals surface area contributed by atoms with E-state index < -0.39 is 13.7 Å². The van der Waals surface area contributed by atoms with Gasteiger partial charge < -0.3 is 19.5 Å². The van der Waals surface area contributed by atoms with Gasteiger partial charge in [-0.3, -0.25) is 4.79 Å². The van der Waals surface area contributed by atoms with Crippen molar-refractivity contribution < 1.29 is 19.4 Å². The Morgan fingerprint density at radius 1 is 1.10 bits per heavy atom. The lowest BCUT2D eigenvalue weighted by Crippen LogP contribution is -2.51. The molecule has 4 rings (SSSR count). The maximum Gasteiger partial charge on any atom is 0.264 e. The second-order valence-electron chi connectivity index (χ2n) is 12.0. The lowest BCUT2D eigenvalue weighted by atomic mass is 9.82. The van der Waals surface area contributed by atoms with Crippen LogP contribution in [0.15, 0.2) is 71.8 Å². The van der Waals surface area contributed by atoms with E-state index in [9.17, 15) is 9.90 Å². The number of hydrogen-bond acceptors (Lipinski definition) is 4. The molecule has 1 N–H and O–H groups in total. The van der Waals surface area contributed by atoms with Gasteiger partial charge in [-0.05, 0) is 63.8 Å². The third-order valence-electron chi connectivity index (χ3n) is 8.87. The molecule has 2 aromatic rings. The summed E-state index contributed by atoms with van der Waals surface area (Å²) < 4.78 is 12.3. The smallest absolute Gasteiger partial charge is 0.264 e. The Kier molecular flexibility index (Phi) is 8.89. The van der Waals surface area contributed by atoms with E-state index in [1.807, 2.05) is 35.2 Å². The van der Waals surface area contributed by atoms with Gasteiger partial charge in [0, 0.05) is 24.6 Å². The Labute approximate surface area is 235 Å². The van der Waals surface area contributed by atoms with E-state index in [2.05, 4.69) is 71.1 Å². The van der Waals surface area contributed by atoms with Gasteiger partial charge in [0.1, 0.15) is 5.75 Å². The first-order valence-corrected chi connectivity index (χ1v) is 17.3. The van der Waals surface area contributed by atoms with Gasteiger partial charge in [-0.15, -0.1) is 0 Å². The molecule has 4 atom stereocenters.